The summed E-state index contributed by atoms with van der Waals surface area (Å²) in [6.07, 6.45) is 1.69. The number of ether oxygens (including phenoxy) is 1. The quantitative estimate of drug-likeness (QED) is 0.839. The van der Waals surface area contributed by atoms with E-state index in [4.69, 9.17) is 10.00 Å². The lowest BCUT2D eigenvalue weighted by atomic mass is 9.94. The van der Waals surface area contributed by atoms with Crippen molar-refractivity contribution in [1.82, 2.24) is 4.98 Å². The van der Waals surface area contributed by atoms with Crippen molar-refractivity contribution in [3.05, 3.63) is 58.9 Å². The molecule has 1 aromatic heterocycles. The maximum absolute atomic E-state index is 12.3. The second kappa shape index (κ2) is 6.50. The standard InChI is InChI=1S/C19H18N4O3/c20-10-13-1-3-16-15(9-13)18(19(24)22-16)17-4-2-14(11-21-17)12-23(25)5-7-26-8-6-23/h1-4,9,11,18,25H,5-8,12H2. The van der Waals surface area contributed by atoms with Gasteiger partial charge < -0.3 is 9.84 Å². The molecule has 3 heterocycles. The third kappa shape index (κ3) is 3.06. The zero-order valence-electron chi connectivity index (χ0n) is 14.1. The number of quaternary nitrogens is 1. The van der Waals surface area contributed by atoms with Crippen molar-refractivity contribution in [2.45, 2.75) is 12.5 Å². The molecule has 1 fully saturated rings. The summed E-state index contributed by atoms with van der Waals surface area (Å²) in [6, 6.07) is 10.8. The summed E-state index contributed by atoms with van der Waals surface area (Å²) in [6.45, 7) is 2.63. The maximum Gasteiger partial charge on any atom is 0.136 e. The number of fused-ring (bicyclic) bond motifs is 1. The minimum Gasteiger partial charge on any atom is -0.861 e. The van der Waals surface area contributed by atoms with Crippen LogP contribution in [0.4, 0.5) is 5.69 Å². The number of morpholine rings is 1. The molecular formula is C19H18N4O3. The maximum atomic E-state index is 12.3. The predicted molar refractivity (Wildman–Crippen MR) is 90.6 cm³/mol. The molecule has 1 N–H and O–H groups in total. The SMILES string of the molecule is N#Cc1ccc2c(c1)C(c1ccc(C[N+]3(O)CCOCC3)cn1)C([O-])=N2. The molecule has 7 nitrogen and oxygen atoms in total. The molecule has 7 heteroatoms. The van der Waals surface area contributed by atoms with Crippen LogP contribution in [0, 0.1) is 11.3 Å². The first-order valence-corrected chi connectivity index (χ1v) is 8.49. The monoisotopic (exact) mass is 350 g/mol. The average molecular weight is 350 g/mol. The van der Waals surface area contributed by atoms with E-state index in [0.717, 1.165) is 5.56 Å². The van der Waals surface area contributed by atoms with Crippen molar-refractivity contribution < 1.29 is 19.7 Å². The molecule has 2 aliphatic heterocycles. The van der Waals surface area contributed by atoms with Crippen LogP contribution < -0.4 is 5.11 Å². The highest BCUT2D eigenvalue weighted by molar-refractivity contribution is 5.92. The number of aliphatic imine (C=N–C) groups is 1. The van der Waals surface area contributed by atoms with Crippen LogP contribution in [-0.4, -0.2) is 47.0 Å². The van der Waals surface area contributed by atoms with Crippen LogP contribution in [0.25, 0.3) is 0 Å². The average Bonchev–Trinajstić information content (AvgIpc) is 2.97. The van der Waals surface area contributed by atoms with Gasteiger partial charge in [0.05, 0.1) is 42.1 Å². The second-order valence-corrected chi connectivity index (χ2v) is 6.67. The molecule has 0 saturated carbocycles. The van der Waals surface area contributed by atoms with Gasteiger partial charge in [-0.3, -0.25) is 9.98 Å². The van der Waals surface area contributed by atoms with Crippen LogP contribution >= 0.6 is 0 Å². The highest BCUT2D eigenvalue weighted by Crippen LogP contribution is 2.38. The molecule has 2 aromatic rings. The molecule has 0 bridgehead atoms. The highest BCUT2D eigenvalue weighted by atomic mass is 16.6. The van der Waals surface area contributed by atoms with Gasteiger partial charge in [-0.1, -0.05) is 0 Å². The summed E-state index contributed by atoms with van der Waals surface area (Å²) in [7, 11) is 0. The number of rotatable bonds is 3. The van der Waals surface area contributed by atoms with Crippen LogP contribution in [0.15, 0.2) is 41.5 Å². The summed E-state index contributed by atoms with van der Waals surface area (Å²) in [5.41, 5.74) is 3.30. The van der Waals surface area contributed by atoms with Crippen LogP contribution in [-0.2, 0) is 11.3 Å². The molecule has 1 atom stereocenters. The number of hydrogen-bond donors (Lipinski definition) is 1. The Hall–Kier alpha value is -2.79. The van der Waals surface area contributed by atoms with Crippen molar-refractivity contribution >= 4 is 11.6 Å². The molecule has 132 valence electrons. The van der Waals surface area contributed by atoms with E-state index < -0.39 is 5.92 Å². The van der Waals surface area contributed by atoms with Gasteiger partial charge in [-0.2, -0.15) is 9.91 Å². The first kappa shape index (κ1) is 16.7. The molecule has 4 rings (SSSR count). The van der Waals surface area contributed by atoms with E-state index in [1.807, 2.05) is 6.07 Å². The van der Waals surface area contributed by atoms with Crippen molar-refractivity contribution in [3.63, 3.8) is 0 Å². The zero-order valence-corrected chi connectivity index (χ0v) is 14.1. The van der Waals surface area contributed by atoms with Crippen LogP contribution in [0.1, 0.15) is 28.3 Å². The van der Waals surface area contributed by atoms with E-state index in [1.165, 1.54) is 0 Å². The van der Waals surface area contributed by atoms with Gasteiger partial charge in [0.1, 0.15) is 19.6 Å². The summed E-state index contributed by atoms with van der Waals surface area (Å²) in [5, 5.41) is 32.0. The smallest absolute Gasteiger partial charge is 0.136 e. The Morgan fingerprint density at radius 2 is 2.08 bits per heavy atom. The largest absolute Gasteiger partial charge is 0.861 e. The van der Waals surface area contributed by atoms with Gasteiger partial charge in [-0.25, -0.2) is 5.21 Å². The Morgan fingerprint density at radius 3 is 2.77 bits per heavy atom. The molecule has 1 saturated heterocycles. The van der Waals surface area contributed by atoms with Gasteiger partial charge in [-0.05, 0) is 41.8 Å². The van der Waals surface area contributed by atoms with E-state index in [1.54, 1.807) is 30.5 Å². The van der Waals surface area contributed by atoms with Gasteiger partial charge in [-0.15, -0.1) is 0 Å². The van der Waals surface area contributed by atoms with Gasteiger partial charge in [0, 0.05) is 11.8 Å². The minimum absolute atomic E-state index is 0.0624. The van der Waals surface area contributed by atoms with Crippen molar-refractivity contribution in [1.29, 1.82) is 5.26 Å². The Labute approximate surface area is 151 Å². The number of nitriles is 1. The van der Waals surface area contributed by atoms with Gasteiger partial charge in [0.15, 0.2) is 0 Å². The van der Waals surface area contributed by atoms with E-state index in [9.17, 15) is 10.3 Å². The van der Waals surface area contributed by atoms with Crippen LogP contribution in [0.3, 0.4) is 0 Å². The highest BCUT2D eigenvalue weighted by Gasteiger charge is 2.30. The number of nitrogens with zero attached hydrogens (tertiary/aromatic N) is 4. The lowest BCUT2D eigenvalue weighted by molar-refractivity contribution is -1.12. The topological polar surface area (TPSA) is 102 Å². The normalized spacial score (nSPS) is 20.9. The predicted octanol–water partition coefficient (Wildman–Crippen LogP) is 1.23. The molecule has 0 radical (unpaired) electrons. The molecule has 1 unspecified atom stereocenters. The van der Waals surface area contributed by atoms with Crippen molar-refractivity contribution in [2.24, 2.45) is 4.99 Å². The van der Waals surface area contributed by atoms with E-state index in [2.05, 4.69) is 16.0 Å². The van der Waals surface area contributed by atoms with Crippen molar-refractivity contribution in [2.75, 3.05) is 26.3 Å². The molecular weight excluding hydrogens is 332 g/mol. The summed E-state index contributed by atoms with van der Waals surface area (Å²) in [5.74, 6) is -0.845. The fraction of sp³-hybridized carbons (Fsp3) is 0.316. The molecule has 0 amide bonds. The number of benzene rings is 1. The summed E-state index contributed by atoms with van der Waals surface area (Å²) in [4.78, 5) is 8.51. The summed E-state index contributed by atoms with van der Waals surface area (Å²) < 4.78 is 5.23. The second-order valence-electron chi connectivity index (χ2n) is 6.67. The number of aromatic nitrogens is 1. The first-order valence-electron chi connectivity index (χ1n) is 8.49. The van der Waals surface area contributed by atoms with Crippen LogP contribution in [0.5, 0.6) is 0 Å². The molecule has 26 heavy (non-hydrogen) atoms. The Balaban J connectivity index is 1.58. The molecule has 2 aliphatic rings. The number of hydrogen-bond acceptors (Lipinski definition) is 6. The van der Waals surface area contributed by atoms with E-state index in [0.29, 0.717) is 55.4 Å². The molecule has 1 aromatic carbocycles. The zero-order chi connectivity index (χ0) is 18.1. The Kier molecular flexibility index (Phi) is 4.17. The third-order valence-electron chi connectivity index (χ3n) is 4.87. The Morgan fingerprint density at radius 1 is 1.27 bits per heavy atom. The number of pyridine rings is 1. The lowest BCUT2D eigenvalue weighted by Gasteiger charge is -2.33. The lowest BCUT2D eigenvalue weighted by Crippen LogP contribution is -2.51. The van der Waals surface area contributed by atoms with Gasteiger partial charge in [0.25, 0.3) is 0 Å². The summed E-state index contributed by atoms with van der Waals surface area (Å²) >= 11 is 0. The third-order valence-corrected chi connectivity index (χ3v) is 4.87. The van der Waals surface area contributed by atoms with E-state index >= 15 is 0 Å². The number of hydroxylamine groups is 3. The molecule has 0 spiro atoms. The van der Waals surface area contributed by atoms with Gasteiger partial charge in [0.2, 0.25) is 0 Å². The van der Waals surface area contributed by atoms with Crippen molar-refractivity contribution in [3.8, 4) is 6.07 Å². The first-order chi connectivity index (χ1) is 12.6. The fourth-order valence-electron chi connectivity index (χ4n) is 3.44. The fourth-order valence-corrected chi connectivity index (χ4v) is 3.44. The molecule has 0 aliphatic carbocycles. The van der Waals surface area contributed by atoms with Gasteiger partial charge >= 0.3 is 0 Å². The van der Waals surface area contributed by atoms with Crippen LogP contribution in [0.2, 0.25) is 0 Å². The Bertz CT molecular complexity index is 896. The minimum atomic E-state index is -0.576. The van der Waals surface area contributed by atoms with E-state index in [-0.39, 0.29) is 10.5 Å².